The maximum absolute atomic E-state index is 5.60. The standard InChI is InChI=1S/C17H34OS/c1-4-6-7-8-9-10-11-12-13-14-15-18-17(19)16(3)5-2/h16H,4-15H2,1-3H3. The van der Waals surface area contributed by atoms with E-state index in [1.54, 1.807) is 0 Å². The van der Waals surface area contributed by atoms with Crippen molar-refractivity contribution in [1.29, 1.82) is 0 Å². The predicted molar refractivity (Wildman–Crippen MR) is 89.8 cm³/mol. The normalized spacial score (nSPS) is 12.4. The van der Waals surface area contributed by atoms with E-state index in [1.165, 1.54) is 57.8 Å². The summed E-state index contributed by atoms with van der Waals surface area (Å²) in [6.07, 6.45) is 14.7. The minimum absolute atomic E-state index is 0.429. The Balaban J connectivity index is 3.13. The zero-order valence-electron chi connectivity index (χ0n) is 13.4. The van der Waals surface area contributed by atoms with E-state index in [2.05, 4.69) is 20.8 Å². The van der Waals surface area contributed by atoms with E-state index in [1.807, 2.05) is 0 Å². The summed E-state index contributed by atoms with van der Waals surface area (Å²) < 4.78 is 5.60. The van der Waals surface area contributed by atoms with E-state index in [0.717, 1.165) is 24.5 Å². The summed E-state index contributed by atoms with van der Waals surface area (Å²) >= 11 is 5.22. The maximum Gasteiger partial charge on any atom is 0.162 e. The molecule has 0 saturated heterocycles. The molecule has 2 heteroatoms. The molecule has 19 heavy (non-hydrogen) atoms. The summed E-state index contributed by atoms with van der Waals surface area (Å²) in [5, 5.41) is 0.804. The number of ether oxygens (including phenoxy) is 1. The Morgan fingerprint density at radius 1 is 0.842 bits per heavy atom. The molecule has 0 heterocycles. The molecule has 0 aromatic carbocycles. The van der Waals surface area contributed by atoms with Gasteiger partial charge in [0.1, 0.15) is 0 Å². The highest BCUT2D eigenvalue weighted by molar-refractivity contribution is 7.80. The Morgan fingerprint density at radius 2 is 1.32 bits per heavy atom. The summed E-state index contributed by atoms with van der Waals surface area (Å²) in [6.45, 7) is 7.39. The van der Waals surface area contributed by atoms with E-state index < -0.39 is 0 Å². The van der Waals surface area contributed by atoms with Crippen LogP contribution in [-0.2, 0) is 4.74 Å². The fourth-order valence-corrected chi connectivity index (χ4v) is 2.32. The van der Waals surface area contributed by atoms with Crippen molar-refractivity contribution in [2.75, 3.05) is 6.61 Å². The van der Waals surface area contributed by atoms with Gasteiger partial charge in [0.2, 0.25) is 0 Å². The Bertz CT molecular complexity index is 203. The minimum Gasteiger partial charge on any atom is -0.487 e. The zero-order valence-corrected chi connectivity index (χ0v) is 14.2. The SMILES string of the molecule is CCCCCCCCCCCCOC(=S)C(C)CC. The first-order valence-corrected chi connectivity index (χ1v) is 8.79. The largest absolute Gasteiger partial charge is 0.487 e. The Hall–Kier alpha value is -0.110. The highest BCUT2D eigenvalue weighted by Crippen LogP contribution is 2.11. The van der Waals surface area contributed by atoms with E-state index in [4.69, 9.17) is 17.0 Å². The fourth-order valence-electron chi connectivity index (χ4n) is 2.07. The molecule has 1 unspecified atom stereocenters. The molecule has 0 amide bonds. The van der Waals surface area contributed by atoms with E-state index >= 15 is 0 Å². The molecule has 1 atom stereocenters. The molecule has 0 aromatic heterocycles. The van der Waals surface area contributed by atoms with Crippen molar-refractivity contribution in [3.05, 3.63) is 0 Å². The second-order valence-electron chi connectivity index (χ2n) is 5.66. The van der Waals surface area contributed by atoms with Gasteiger partial charge in [0.15, 0.2) is 5.05 Å². The molecule has 1 nitrogen and oxygen atoms in total. The third-order valence-corrected chi connectivity index (χ3v) is 4.28. The molecule has 114 valence electrons. The van der Waals surface area contributed by atoms with Crippen LogP contribution in [0.25, 0.3) is 0 Å². The van der Waals surface area contributed by atoms with Crippen LogP contribution in [0.1, 0.15) is 91.4 Å². The number of hydrogen-bond donors (Lipinski definition) is 0. The number of rotatable bonds is 13. The van der Waals surface area contributed by atoms with Crippen LogP contribution < -0.4 is 0 Å². The first-order valence-electron chi connectivity index (χ1n) is 8.39. The van der Waals surface area contributed by atoms with Crippen LogP contribution in [0.3, 0.4) is 0 Å². The zero-order chi connectivity index (χ0) is 14.3. The summed E-state index contributed by atoms with van der Waals surface area (Å²) in [5.74, 6) is 0.429. The summed E-state index contributed by atoms with van der Waals surface area (Å²) in [4.78, 5) is 0. The molecule has 0 aliphatic heterocycles. The fraction of sp³-hybridized carbons (Fsp3) is 0.941. The van der Waals surface area contributed by atoms with Gasteiger partial charge in [-0.1, -0.05) is 78.6 Å². The van der Waals surface area contributed by atoms with Crippen LogP contribution in [0.5, 0.6) is 0 Å². The molecule has 0 aromatic rings. The molecule has 0 saturated carbocycles. The lowest BCUT2D eigenvalue weighted by atomic mass is 10.1. The van der Waals surface area contributed by atoms with Crippen LogP contribution in [0, 0.1) is 5.92 Å². The summed E-state index contributed by atoms with van der Waals surface area (Å²) in [6, 6.07) is 0. The highest BCUT2D eigenvalue weighted by Gasteiger charge is 2.06. The van der Waals surface area contributed by atoms with Crippen molar-refractivity contribution >= 4 is 17.3 Å². The highest BCUT2D eigenvalue weighted by atomic mass is 32.1. The van der Waals surface area contributed by atoms with Crippen molar-refractivity contribution < 1.29 is 4.74 Å². The molecule has 0 N–H and O–H groups in total. The van der Waals surface area contributed by atoms with Crippen LogP contribution in [0.4, 0.5) is 0 Å². The molecule has 0 aliphatic rings. The first kappa shape index (κ1) is 18.9. The van der Waals surface area contributed by atoms with Crippen molar-refractivity contribution in [3.63, 3.8) is 0 Å². The Labute approximate surface area is 126 Å². The average molecular weight is 287 g/mol. The lowest BCUT2D eigenvalue weighted by Crippen LogP contribution is -2.12. The van der Waals surface area contributed by atoms with Crippen molar-refractivity contribution in [2.45, 2.75) is 91.4 Å². The number of unbranched alkanes of at least 4 members (excludes halogenated alkanes) is 9. The first-order chi connectivity index (χ1) is 9.22. The topological polar surface area (TPSA) is 9.23 Å². The van der Waals surface area contributed by atoms with E-state index in [9.17, 15) is 0 Å². The molecule has 0 rings (SSSR count). The predicted octanol–water partition coefficient (Wildman–Crippen LogP) is 6.30. The molecule has 0 fully saturated rings. The van der Waals surface area contributed by atoms with Crippen molar-refractivity contribution in [1.82, 2.24) is 0 Å². The second kappa shape index (κ2) is 14.3. The van der Waals surface area contributed by atoms with Gasteiger partial charge >= 0.3 is 0 Å². The number of thiocarbonyl (C=S) groups is 1. The average Bonchev–Trinajstić information content (AvgIpc) is 2.43. The van der Waals surface area contributed by atoms with E-state index in [0.29, 0.717) is 5.92 Å². The van der Waals surface area contributed by atoms with Gasteiger partial charge in [-0.05, 0) is 25.1 Å². The molecular weight excluding hydrogens is 252 g/mol. The second-order valence-corrected chi connectivity index (χ2v) is 6.06. The van der Waals surface area contributed by atoms with Gasteiger partial charge in [-0.25, -0.2) is 0 Å². The Morgan fingerprint density at radius 3 is 1.79 bits per heavy atom. The lowest BCUT2D eigenvalue weighted by molar-refractivity contribution is 0.280. The van der Waals surface area contributed by atoms with Gasteiger partial charge in [0, 0.05) is 5.92 Å². The quantitative estimate of drug-likeness (QED) is 0.290. The number of hydrogen-bond acceptors (Lipinski definition) is 2. The minimum atomic E-state index is 0.429. The van der Waals surface area contributed by atoms with Crippen LogP contribution in [-0.4, -0.2) is 11.7 Å². The Kier molecular flexibility index (Phi) is 14.2. The molecule has 0 radical (unpaired) electrons. The third kappa shape index (κ3) is 12.7. The van der Waals surface area contributed by atoms with Gasteiger partial charge < -0.3 is 4.74 Å². The van der Waals surface area contributed by atoms with Crippen LogP contribution in [0.2, 0.25) is 0 Å². The smallest absolute Gasteiger partial charge is 0.162 e. The summed E-state index contributed by atoms with van der Waals surface area (Å²) in [5.41, 5.74) is 0. The lowest BCUT2D eigenvalue weighted by Gasteiger charge is -2.12. The van der Waals surface area contributed by atoms with Gasteiger partial charge in [0.05, 0.1) is 6.61 Å². The maximum atomic E-state index is 5.60. The van der Waals surface area contributed by atoms with Crippen molar-refractivity contribution in [2.24, 2.45) is 5.92 Å². The van der Waals surface area contributed by atoms with Crippen LogP contribution >= 0.6 is 12.2 Å². The monoisotopic (exact) mass is 286 g/mol. The van der Waals surface area contributed by atoms with Gasteiger partial charge in [0.25, 0.3) is 0 Å². The molecule has 0 aliphatic carbocycles. The van der Waals surface area contributed by atoms with Gasteiger partial charge in [-0.15, -0.1) is 0 Å². The molecule has 0 bridgehead atoms. The molecule has 0 spiro atoms. The van der Waals surface area contributed by atoms with Gasteiger partial charge in [-0.2, -0.15) is 0 Å². The van der Waals surface area contributed by atoms with Crippen LogP contribution in [0.15, 0.2) is 0 Å². The third-order valence-electron chi connectivity index (χ3n) is 3.76. The molecular formula is C17H34OS. The van der Waals surface area contributed by atoms with Crippen molar-refractivity contribution in [3.8, 4) is 0 Å². The van der Waals surface area contributed by atoms with Gasteiger partial charge in [-0.3, -0.25) is 0 Å². The summed E-state index contributed by atoms with van der Waals surface area (Å²) in [7, 11) is 0. The van der Waals surface area contributed by atoms with E-state index in [-0.39, 0.29) is 0 Å².